The number of hydrogen-bond donors (Lipinski definition) is 1. The number of halogens is 3. The van der Waals surface area contributed by atoms with E-state index in [0.29, 0.717) is 6.54 Å². The number of nitrogens with one attached hydrogen (secondary N) is 1. The molecule has 0 saturated carbocycles. The summed E-state index contributed by atoms with van der Waals surface area (Å²) < 4.78 is 26.2. The van der Waals surface area contributed by atoms with E-state index >= 15 is 0 Å². The fourth-order valence-electron chi connectivity index (χ4n) is 1.55. The van der Waals surface area contributed by atoms with Crippen LogP contribution in [0.4, 0.5) is 8.78 Å². The van der Waals surface area contributed by atoms with Crippen molar-refractivity contribution in [2.75, 3.05) is 11.9 Å². The van der Waals surface area contributed by atoms with E-state index in [1.165, 1.54) is 12.1 Å². The second-order valence-electron chi connectivity index (χ2n) is 3.96. The molecule has 2 nitrogen and oxygen atoms in total. The van der Waals surface area contributed by atoms with Gasteiger partial charge in [-0.1, -0.05) is 34.8 Å². The van der Waals surface area contributed by atoms with Crippen LogP contribution in [0.1, 0.15) is 36.0 Å². The molecular weight excluding hydrogens is 304 g/mol. The Bertz CT molecular complexity index is 399. The van der Waals surface area contributed by atoms with Crippen LogP contribution in [0, 0.1) is 11.6 Å². The molecule has 0 aliphatic carbocycles. The van der Waals surface area contributed by atoms with E-state index in [4.69, 9.17) is 0 Å². The molecule has 0 radical (unpaired) electrons. The first kappa shape index (κ1) is 15.1. The van der Waals surface area contributed by atoms with Crippen molar-refractivity contribution in [1.82, 2.24) is 5.32 Å². The first-order chi connectivity index (χ1) is 8.66. The van der Waals surface area contributed by atoms with Crippen LogP contribution in [0.3, 0.4) is 0 Å². The molecule has 0 fully saturated rings. The third-order valence-electron chi connectivity index (χ3n) is 2.54. The molecule has 0 atom stereocenters. The second-order valence-corrected chi connectivity index (χ2v) is 4.75. The van der Waals surface area contributed by atoms with Crippen LogP contribution in [0.2, 0.25) is 0 Å². The smallest absolute Gasteiger partial charge is 0.254 e. The van der Waals surface area contributed by atoms with E-state index < -0.39 is 17.5 Å². The molecule has 1 amide bonds. The Hall–Kier alpha value is -0.970. The summed E-state index contributed by atoms with van der Waals surface area (Å²) in [6.07, 6.45) is 4.05. The summed E-state index contributed by atoms with van der Waals surface area (Å²) in [4.78, 5) is 11.6. The number of hydrogen-bond acceptors (Lipinski definition) is 1. The van der Waals surface area contributed by atoms with Crippen LogP contribution in [0.25, 0.3) is 0 Å². The van der Waals surface area contributed by atoms with E-state index in [2.05, 4.69) is 21.2 Å². The summed E-state index contributed by atoms with van der Waals surface area (Å²) in [5.74, 6) is -2.65. The summed E-state index contributed by atoms with van der Waals surface area (Å²) in [5, 5.41) is 3.57. The molecule has 1 rings (SSSR count). The highest BCUT2D eigenvalue weighted by Gasteiger charge is 2.13. The lowest BCUT2D eigenvalue weighted by Crippen LogP contribution is -2.25. The fourth-order valence-corrected chi connectivity index (χ4v) is 1.95. The molecule has 0 unspecified atom stereocenters. The maximum Gasteiger partial charge on any atom is 0.254 e. The minimum Gasteiger partial charge on any atom is -0.352 e. The van der Waals surface area contributed by atoms with E-state index in [0.717, 1.165) is 37.1 Å². The van der Waals surface area contributed by atoms with Crippen LogP contribution in [0.5, 0.6) is 0 Å². The predicted molar refractivity (Wildman–Crippen MR) is 71.0 cm³/mol. The van der Waals surface area contributed by atoms with Gasteiger partial charge in [0.25, 0.3) is 5.91 Å². The lowest BCUT2D eigenvalue weighted by molar-refractivity contribution is 0.0948. The fraction of sp³-hybridized carbons (Fsp3) is 0.462. The quantitative estimate of drug-likeness (QED) is 0.603. The molecular formula is C13H16BrF2NO. The summed E-state index contributed by atoms with van der Waals surface area (Å²) >= 11 is 3.34. The second kappa shape index (κ2) is 8.19. The standard InChI is InChI=1S/C13H16BrF2NO/c14-8-3-1-2-4-9-17-13(18)10-6-5-7-11(15)12(10)16/h5-7H,1-4,8-9H2,(H,17,18). The molecule has 1 aromatic rings. The van der Waals surface area contributed by atoms with E-state index in [9.17, 15) is 13.6 Å². The van der Waals surface area contributed by atoms with Crippen molar-refractivity contribution in [3.63, 3.8) is 0 Å². The first-order valence-corrected chi connectivity index (χ1v) is 7.07. The number of benzene rings is 1. The summed E-state index contributed by atoms with van der Waals surface area (Å²) in [6, 6.07) is 3.59. The van der Waals surface area contributed by atoms with Gasteiger partial charge in [0.05, 0.1) is 5.56 Å². The number of rotatable bonds is 7. The highest BCUT2D eigenvalue weighted by atomic mass is 79.9. The van der Waals surface area contributed by atoms with Gasteiger partial charge in [-0.15, -0.1) is 0 Å². The summed E-state index contributed by atoms with van der Waals surface area (Å²) in [5.41, 5.74) is -0.240. The van der Waals surface area contributed by atoms with Crippen molar-refractivity contribution in [3.05, 3.63) is 35.4 Å². The summed E-state index contributed by atoms with van der Waals surface area (Å²) in [6.45, 7) is 0.483. The van der Waals surface area contributed by atoms with Gasteiger partial charge in [0.2, 0.25) is 0 Å². The van der Waals surface area contributed by atoms with Crippen LogP contribution in [-0.4, -0.2) is 17.8 Å². The molecule has 1 N–H and O–H groups in total. The molecule has 0 heterocycles. The predicted octanol–water partition coefficient (Wildman–Crippen LogP) is 3.65. The zero-order chi connectivity index (χ0) is 13.4. The first-order valence-electron chi connectivity index (χ1n) is 5.95. The molecule has 0 aliphatic rings. The van der Waals surface area contributed by atoms with Gasteiger partial charge in [0, 0.05) is 11.9 Å². The van der Waals surface area contributed by atoms with Crippen molar-refractivity contribution in [1.29, 1.82) is 0 Å². The Labute approximate surface area is 114 Å². The van der Waals surface area contributed by atoms with Gasteiger partial charge in [-0.2, -0.15) is 0 Å². The molecule has 100 valence electrons. The average Bonchev–Trinajstić information content (AvgIpc) is 2.36. The Kier molecular flexibility index (Phi) is 6.86. The molecule has 18 heavy (non-hydrogen) atoms. The average molecular weight is 320 g/mol. The third-order valence-corrected chi connectivity index (χ3v) is 3.10. The Balaban J connectivity index is 2.35. The van der Waals surface area contributed by atoms with Gasteiger partial charge < -0.3 is 5.32 Å². The molecule has 5 heteroatoms. The maximum atomic E-state index is 13.3. The number of carbonyl (C=O) groups is 1. The highest BCUT2D eigenvalue weighted by Crippen LogP contribution is 2.11. The van der Waals surface area contributed by atoms with Gasteiger partial charge in [0.15, 0.2) is 11.6 Å². The van der Waals surface area contributed by atoms with E-state index in [1.54, 1.807) is 0 Å². The third kappa shape index (κ3) is 4.72. The Morgan fingerprint density at radius 1 is 1.17 bits per heavy atom. The number of amides is 1. The van der Waals surface area contributed by atoms with Gasteiger partial charge >= 0.3 is 0 Å². The number of unbranched alkanes of at least 4 members (excludes halogenated alkanes) is 3. The van der Waals surface area contributed by atoms with Gasteiger partial charge in [-0.3, -0.25) is 4.79 Å². The highest BCUT2D eigenvalue weighted by molar-refractivity contribution is 9.09. The zero-order valence-electron chi connectivity index (χ0n) is 10.0. The van der Waals surface area contributed by atoms with Crippen LogP contribution < -0.4 is 5.32 Å². The number of alkyl halides is 1. The van der Waals surface area contributed by atoms with Crippen LogP contribution in [-0.2, 0) is 0 Å². The lowest BCUT2D eigenvalue weighted by atomic mass is 10.1. The number of carbonyl (C=O) groups excluding carboxylic acids is 1. The van der Waals surface area contributed by atoms with Crippen molar-refractivity contribution < 1.29 is 13.6 Å². The van der Waals surface area contributed by atoms with Crippen molar-refractivity contribution >= 4 is 21.8 Å². The zero-order valence-corrected chi connectivity index (χ0v) is 11.6. The van der Waals surface area contributed by atoms with Gasteiger partial charge in [-0.05, 0) is 25.0 Å². The molecule has 1 aromatic carbocycles. The Morgan fingerprint density at radius 2 is 1.89 bits per heavy atom. The van der Waals surface area contributed by atoms with Gasteiger partial charge in [-0.25, -0.2) is 8.78 Å². The lowest BCUT2D eigenvalue weighted by Gasteiger charge is -2.06. The SMILES string of the molecule is O=C(NCCCCCCBr)c1cccc(F)c1F. The molecule has 0 saturated heterocycles. The molecule has 0 aliphatic heterocycles. The van der Waals surface area contributed by atoms with Crippen molar-refractivity contribution in [2.24, 2.45) is 0 Å². The van der Waals surface area contributed by atoms with Crippen LogP contribution in [0.15, 0.2) is 18.2 Å². The minimum atomic E-state index is -1.09. The monoisotopic (exact) mass is 319 g/mol. The van der Waals surface area contributed by atoms with Crippen molar-refractivity contribution in [3.8, 4) is 0 Å². The summed E-state index contributed by atoms with van der Waals surface area (Å²) in [7, 11) is 0. The largest absolute Gasteiger partial charge is 0.352 e. The topological polar surface area (TPSA) is 29.1 Å². The van der Waals surface area contributed by atoms with Gasteiger partial charge in [0.1, 0.15) is 0 Å². The van der Waals surface area contributed by atoms with E-state index in [1.807, 2.05) is 0 Å². The van der Waals surface area contributed by atoms with Crippen LogP contribution >= 0.6 is 15.9 Å². The molecule has 0 spiro atoms. The molecule has 0 aromatic heterocycles. The molecule has 0 bridgehead atoms. The van der Waals surface area contributed by atoms with E-state index in [-0.39, 0.29) is 5.56 Å². The Morgan fingerprint density at radius 3 is 2.61 bits per heavy atom. The minimum absolute atomic E-state index is 0.240. The normalized spacial score (nSPS) is 10.4. The van der Waals surface area contributed by atoms with Crippen molar-refractivity contribution in [2.45, 2.75) is 25.7 Å². The maximum absolute atomic E-state index is 13.3.